The zero-order valence-corrected chi connectivity index (χ0v) is 11.2. The maximum absolute atomic E-state index is 10.6. The first kappa shape index (κ1) is 10.8. The smallest absolute Gasteiger partial charge is 0.168 e. The van der Waals surface area contributed by atoms with Crippen molar-refractivity contribution in [2.45, 2.75) is 52.2 Å². The van der Waals surface area contributed by atoms with E-state index in [4.69, 9.17) is 4.74 Å². The van der Waals surface area contributed by atoms with E-state index in [0.29, 0.717) is 16.7 Å². The second kappa shape index (κ2) is 2.75. The summed E-state index contributed by atoms with van der Waals surface area (Å²) in [5.41, 5.74) is 0.921. The molecule has 96 valence electrons. The molecule has 0 unspecified atom stereocenters. The van der Waals surface area contributed by atoms with Gasteiger partial charge in [-0.25, -0.2) is 0 Å². The van der Waals surface area contributed by atoms with Crippen LogP contribution in [-0.4, -0.2) is 17.5 Å². The lowest BCUT2D eigenvalue weighted by atomic mass is 9.33. The molecule has 3 saturated carbocycles. The fourth-order valence-corrected chi connectivity index (χ4v) is 6.16. The SMILES string of the molecule is C[C@H]1[C@@H]2[C@@H]3[C@@H]4C[C@@]1(O)OC[C@]24CCCC3(C)C. The van der Waals surface area contributed by atoms with Gasteiger partial charge in [0.05, 0.1) is 6.61 Å². The molecule has 5 fully saturated rings. The molecule has 1 spiro atoms. The van der Waals surface area contributed by atoms with Gasteiger partial charge in [-0.15, -0.1) is 0 Å². The minimum Gasteiger partial charge on any atom is -0.365 e. The Balaban J connectivity index is 1.82. The minimum absolute atomic E-state index is 0.337. The highest BCUT2D eigenvalue weighted by molar-refractivity contribution is 5.22. The Bertz CT molecular complexity index is 377. The molecule has 6 atom stereocenters. The van der Waals surface area contributed by atoms with Crippen LogP contribution in [-0.2, 0) is 4.74 Å². The number of aliphatic hydroxyl groups is 1. The summed E-state index contributed by atoms with van der Waals surface area (Å²) in [5, 5.41) is 10.6. The summed E-state index contributed by atoms with van der Waals surface area (Å²) < 4.78 is 5.83. The largest absolute Gasteiger partial charge is 0.365 e. The highest BCUT2D eigenvalue weighted by Crippen LogP contribution is 2.77. The molecule has 2 aliphatic heterocycles. The van der Waals surface area contributed by atoms with Crippen LogP contribution >= 0.6 is 0 Å². The Hall–Kier alpha value is -0.0800. The summed E-state index contributed by atoms with van der Waals surface area (Å²) in [6.45, 7) is 7.96. The van der Waals surface area contributed by atoms with Crippen LogP contribution in [0, 0.1) is 34.5 Å². The van der Waals surface area contributed by atoms with Crippen molar-refractivity contribution in [3.05, 3.63) is 0 Å². The fourth-order valence-electron chi connectivity index (χ4n) is 6.16. The molecule has 2 heterocycles. The maximum Gasteiger partial charge on any atom is 0.168 e. The van der Waals surface area contributed by atoms with Crippen molar-refractivity contribution in [3.8, 4) is 0 Å². The van der Waals surface area contributed by atoms with Gasteiger partial charge in [-0.1, -0.05) is 27.2 Å². The second-order valence-electron chi connectivity index (χ2n) is 7.86. The van der Waals surface area contributed by atoms with E-state index in [1.54, 1.807) is 0 Å². The zero-order chi connectivity index (χ0) is 12.1. The van der Waals surface area contributed by atoms with Crippen molar-refractivity contribution >= 4 is 0 Å². The Morgan fingerprint density at radius 3 is 2.65 bits per heavy atom. The van der Waals surface area contributed by atoms with Crippen LogP contribution in [0.3, 0.4) is 0 Å². The number of hydrogen-bond donors (Lipinski definition) is 1. The summed E-state index contributed by atoms with van der Waals surface area (Å²) in [7, 11) is 0. The van der Waals surface area contributed by atoms with Crippen LogP contribution in [0.15, 0.2) is 0 Å². The normalized spacial score (nSPS) is 62.8. The molecule has 2 saturated heterocycles. The molecule has 3 aliphatic carbocycles. The molecule has 5 rings (SSSR count). The van der Waals surface area contributed by atoms with Gasteiger partial charge < -0.3 is 9.84 Å². The number of rotatable bonds is 0. The van der Waals surface area contributed by atoms with Crippen LogP contribution in [0.4, 0.5) is 0 Å². The molecule has 2 heteroatoms. The quantitative estimate of drug-likeness (QED) is 0.701. The van der Waals surface area contributed by atoms with Crippen molar-refractivity contribution in [3.63, 3.8) is 0 Å². The van der Waals surface area contributed by atoms with Crippen LogP contribution in [0.5, 0.6) is 0 Å². The number of ether oxygens (including phenoxy) is 1. The van der Waals surface area contributed by atoms with Gasteiger partial charge in [-0.3, -0.25) is 0 Å². The van der Waals surface area contributed by atoms with Gasteiger partial charge in [0.25, 0.3) is 0 Å². The summed E-state index contributed by atoms with van der Waals surface area (Å²) in [6.07, 6.45) is 4.95. The average Bonchev–Trinajstić information content (AvgIpc) is 2.42. The molecule has 5 aliphatic rings. The van der Waals surface area contributed by atoms with Crippen molar-refractivity contribution < 1.29 is 9.84 Å². The molecular formula is C15H24O2. The third-order valence-electron chi connectivity index (χ3n) is 6.94. The third kappa shape index (κ3) is 0.986. The maximum atomic E-state index is 10.6. The zero-order valence-electron chi connectivity index (χ0n) is 11.2. The first-order valence-electron chi connectivity index (χ1n) is 7.27. The van der Waals surface area contributed by atoms with Crippen LogP contribution in [0.25, 0.3) is 0 Å². The van der Waals surface area contributed by atoms with Crippen LogP contribution in [0.1, 0.15) is 46.5 Å². The summed E-state index contributed by atoms with van der Waals surface area (Å²) in [4.78, 5) is 0. The Kier molecular flexibility index (Phi) is 1.75. The van der Waals surface area contributed by atoms with Gasteiger partial charge in [0.15, 0.2) is 5.79 Å². The monoisotopic (exact) mass is 236 g/mol. The van der Waals surface area contributed by atoms with Crippen LogP contribution < -0.4 is 0 Å². The number of hydrogen-bond acceptors (Lipinski definition) is 2. The van der Waals surface area contributed by atoms with Crippen molar-refractivity contribution in [2.75, 3.05) is 6.61 Å². The Morgan fingerprint density at radius 1 is 1.18 bits per heavy atom. The summed E-state index contributed by atoms with van der Waals surface area (Å²) >= 11 is 0. The van der Waals surface area contributed by atoms with E-state index in [9.17, 15) is 5.11 Å². The highest BCUT2D eigenvalue weighted by Gasteiger charge is 2.76. The van der Waals surface area contributed by atoms with Crippen molar-refractivity contribution in [2.24, 2.45) is 34.5 Å². The Labute approximate surface area is 104 Å². The molecule has 0 aromatic heterocycles. The van der Waals surface area contributed by atoms with Gasteiger partial charge in [0, 0.05) is 17.8 Å². The van der Waals surface area contributed by atoms with Crippen molar-refractivity contribution in [1.29, 1.82) is 0 Å². The minimum atomic E-state index is -0.784. The van der Waals surface area contributed by atoms with E-state index in [0.717, 1.165) is 30.8 Å². The first-order chi connectivity index (χ1) is 7.91. The van der Waals surface area contributed by atoms with Crippen LogP contribution in [0.2, 0.25) is 0 Å². The molecule has 2 nitrogen and oxygen atoms in total. The summed E-state index contributed by atoms with van der Waals surface area (Å²) in [6, 6.07) is 0. The molecule has 1 N–H and O–H groups in total. The Morgan fingerprint density at radius 2 is 1.94 bits per heavy atom. The van der Waals surface area contributed by atoms with Gasteiger partial charge in [0.2, 0.25) is 0 Å². The molecule has 5 bridgehead atoms. The predicted molar refractivity (Wildman–Crippen MR) is 65.2 cm³/mol. The van der Waals surface area contributed by atoms with Gasteiger partial charge in [-0.05, 0) is 36.0 Å². The van der Waals surface area contributed by atoms with E-state index < -0.39 is 5.79 Å². The predicted octanol–water partition coefficient (Wildman–Crippen LogP) is 2.80. The van der Waals surface area contributed by atoms with E-state index in [1.807, 2.05) is 0 Å². The molecule has 0 amide bonds. The lowest BCUT2D eigenvalue weighted by Crippen LogP contribution is -2.77. The lowest BCUT2D eigenvalue weighted by molar-refractivity contribution is -0.421. The topological polar surface area (TPSA) is 29.5 Å². The molecular weight excluding hydrogens is 212 g/mol. The lowest BCUT2D eigenvalue weighted by Gasteiger charge is -2.76. The van der Waals surface area contributed by atoms with Crippen molar-refractivity contribution in [1.82, 2.24) is 0 Å². The molecule has 0 radical (unpaired) electrons. The van der Waals surface area contributed by atoms with E-state index in [1.165, 1.54) is 19.3 Å². The van der Waals surface area contributed by atoms with E-state index >= 15 is 0 Å². The van der Waals surface area contributed by atoms with E-state index in [2.05, 4.69) is 20.8 Å². The highest BCUT2D eigenvalue weighted by atomic mass is 16.6. The fraction of sp³-hybridized carbons (Fsp3) is 1.00. The van der Waals surface area contributed by atoms with E-state index in [-0.39, 0.29) is 0 Å². The van der Waals surface area contributed by atoms with Gasteiger partial charge in [-0.2, -0.15) is 0 Å². The van der Waals surface area contributed by atoms with Gasteiger partial charge in [0.1, 0.15) is 0 Å². The third-order valence-corrected chi connectivity index (χ3v) is 6.94. The number of fused-ring (bicyclic) bond motifs is 1. The molecule has 0 aromatic rings. The standard InChI is InChI=1S/C15H24O2/c1-9-11-12-10-7-15(9,16)17-8-14(10,11)6-4-5-13(12,2)3/h9-12,16H,4-8H2,1-3H3/t9-,10-,11+,12-,14-,15+/m0/s1. The second-order valence-corrected chi connectivity index (χ2v) is 7.86. The first-order valence-corrected chi connectivity index (χ1v) is 7.27. The molecule has 0 aromatic carbocycles. The molecule has 17 heavy (non-hydrogen) atoms. The van der Waals surface area contributed by atoms with Gasteiger partial charge >= 0.3 is 0 Å². The summed E-state index contributed by atoms with van der Waals surface area (Å²) in [5.74, 6) is 1.85. The average molecular weight is 236 g/mol.